The summed E-state index contributed by atoms with van der Waals surface area (Å²) in [5, 5.41) is 29.3. The molecule has 1 aliphatic rings. The fourth-order valence-corrected chi connectivity index (χ4v) is 2.69. The van der Waals surface area contributed by atoms with Crippen LogP contribution in [-0.4, -0.2) is 73.3 Å². The molecule has 1 aliphatic heterocycles. The van der Waals surface area contributed by atoms with Crippen molar-refractivity contribution in [2.24, 2.45) is 0 Å². The average molecular weight is 333 g/mol. The molecule has 2 aromatic rings. The van der Waals surface area contributed by atoms with Gasteiger partial charge in [0.2, 0.25) is 0 Å². The highest BCUT2D eigenvalue weighted by atomic mass is 16.6. The van der Waals surface area contributed by atoms with Gasteiger partial charge in [0.1, 0.15) is 24.6 Å². The highest BCUT2D eigenvalue weighted by Crippen LogP contribution is 2.32. The molecule has 0 amide bonds. The summed E-state index contributed by atoms with van der Waals surface area (Å²) in [6.45, 7) is 1.86. The van der Waals surface area contributed by atoms with Crippen LogP contribution in [0.4, 0.5) is 5.82 Å². The summed E-state index contributed by atoms with van der Waals surface area (Å²) in [4.78, 5) is 14.6. The highest BCUT2D eigenvalue weighted by Gasteiger charge is 2.44. The summed E-state index contributed by atoms with van der Waals surface area (Å²) in [5.74, 6) is 6.38. The third-order valence-corrected chi connectivity index (χ3v) is 3.99. The van der Waals surface area contributed by atoms with Gasteiger partial charge >= 0.3 is 0 Å². The van der Waals surface area contributed by atoms with E-state index in [4.69, 9.17) is 4.74 Å². The normalized spacial score (nSPS) is 26.4. The zero-order chi connectivity index (χ0) is 17.3. The second-order valence-electron chi connectivity index (χ2n) is 5.53. The van der Waals surface area contributed by atoms with Crippen molar-refractivity contribution in [1.29, 1.82) is 0 Å². The predicted molar refractivity (Wildman–Crippen MR) is 85.1 cm³/mol. The fourth-order valence-electron chi connectivity index (χ4n) is 2.69. The molecular formula is C15H19N5O4. The van der Waals surface area contributed by atoms with Crippen LogP contribution in [-0.2, 0) is 4.74 Å². The van der Waals surface area contributed by atoms with Gasteiger partial charge in [-0.3, -0.25) is 4.57 Å². The molecule has 4 atom stereocenters. The number of imidazole rings is 1. The van der Waals surface area contributed by atoms with Crippen LogP contribution in [0.1, 0.15) is 13.2 Å². The molecule has 9 nitrogen and oxygen atoms in total. The Morgan fingerprint density at radius 1 is 1.29 bits per heavy atom. The number of rotatable bonds is 4. The molecule has 0 radical (unpaired) electrons. The Labute approximate surface area is 138 Å². The third kappa shape index (κ3) is 2.70. The molecule has 0 aliphatic carbocycles. The SMILES string of the molecule is CC#CCN(C)c1ncnc2c1ncn2[C@@H]1O[C@H](CO)[C@@H](O)[C@H]1O. The van der Waals surface area contributed by atoms with E-state index in [1.807, 2.05) is 11.9 Å². The molecule has 0 spiro atoms. The summed E-state index contributed by atoms with van der Waals surface area (Å²) in [6, 6.07) is 0. The fraction of sp³-hybridized carbons (Fsp3) is 0.533. The van der Waals surface area contributed by atoms with Crippen molar-refractivity contribution in [3.05, 3.63) is 12.7 Å². The Morgan fingerprint density at radius 3 is 2.75 bits per heavy atom. The largest absolute Gasteiger partial charge is 0.394 e. The van der Waals surface area contributed by atoms with Gasteiger partial charge in [-0.1, -0.05) is 5.92 Å². The number of hydrogen-bond acceptors (Lipinski definition) is 8. The van der Waals surface area contributed by atoms with E-state index in [9.17, 15) is 15.3 Å². The minimum atomic E-state index is -1.19. The average Bonchev–Trinajstić information content (AvgIpc) is 3.14. The second kappa shape index (κ2) is 6.70. The first kappa shape index (κ1) is 16.6. The molecular weight excluding hydrogens is 314 g/mol. The van der Waals surface area contributed by atoms with Crippen molar-refractivity contribution in [3.63, 3.8) is 0 Å². The first-order valence-electron chi connectivity index (χ1n) is 7.49. The van der Waals surface area contributed by atoms with Gasteiger partial charge in [-0.05, 0) is 6.92 Å². The summed E-state index contributed by atoms with van der Waals surface area (Å²) >= 11 is 0. The molecule has 0 aromatic carbocycles. The number of aliphatic hydroxyl groups is 3. The van der Waals surface area contributed by atoms with Crippen LogP contribution in [0.25, 0.3) is 11.2 Å². The summed E-state index contributed by atoms with van der Waals surface area (Å²) < 4.78 is 7.06. The first-order chi connectivity index (χ1) is 11.6. The Morgan fingerprint density at radius 2 is 2.08 bits per heavy atom. The van der Waals surface area contributed by atoms with Gasteiger partial charge < -0.3 is 25.0 Å². The molecule has 3 heterocycles. The van der Waals surface area contributed by atoms with Crippen LogP contribution in [0.2, 0.25) is 0 Å². The van der Waals surface area contributed by atoms with Crippen molar-refractivity contribution in [3.8, 4) is 11.8 Å². The minimum Gasteiger partial charge on any atom is -0.394 e. The van der Waals surface area contributed by atoms with Gasteiger partial charge in [0.25, 0.3) is 0 Å². The lowest BCUT2D eigenvalue weighted by atomic mass is 10.1. The van der Waals surface area contributed by atoms with E-state index >= 15 is 0 Å². The first-order valence-corrected chi connectivity index (χ1v) is 7.49. The van der Waals surface area contributed by atoms with Crippen molar-refractivity contribution >= 4 is 17.0 Å². The molecule has 0 saturated carbocycles. The highest BCUT2D eigenvalue weighted by molar-refractivity contribution is 5.83. The van der Waals surface area contributed by atoms with E-state index < -0.39 is 24.5 Å². The molecule has 3 rings (SSSR count). The summed E-state index contributed by atoms with van der Waals surface area (Å²) in [7, 11) is 1.84. The number of anilines is 1. The summed E-state index contributed by atoms with van der Waals surface area (Å²) in [5.41, 5.74) is 1.00. The maximum atomic E-state index is 10.2. The zero-order valence-electron chi connectivity index (χ0n) is 13.4. The van der Waals surface area contributed by atoms with Gasteiger partial charge in [0.05, 0.1) is 19.5 Å². The lowest BCUT2D eigenvalue weighted by molar-refractivity contribution is -0.0511. The maximum Gasteiger partial charge on any atom is 0.167 e. The zero-order valence-corrected chi connectivity index (χ0v) is 13.4. The molecule has 1 fully saturated rings. The van der Waals surface area contributed by atoms with Gasteiger partial charge in [0, 0.05) is 7.05 Å². The molecule has 9 heteroatoms. The van der Waals surface area contributed by atoms with E-state index in [-0.39, 0.29) is 6.61 Å². The predicted octanol–water partition coefficient (Wildman–Crippen LogP) is -1.10. The Balaban J connectivity index is 1.98. The van der Waals surface area contributed by atoms with Crippen molar-refractivity contribution < 1.29 is 20.1 Å². The standard InChI is InChI=1S/C15H19N5O4/c1-3-4-5-19(2)13-10-14(17-7-16-13)20(8-18-10)15-12(23)11(22)9(6-21)24-15/h7-9,11-12,15,21-23H,5-6H2,1-2H3/t9-,11-,12-,15-/m1/s1. The Kier molecular flexibility index (Phi) is 4.64. The van der Waals surface area contributed by atoms with Crippen LogP contribution < -0.4 is 4.90 Å². The number of hydrogen-bond donors (Lipinski definition) is 3. The number of nitrogens with zero attached hydrogens (tertiary/aromatic N) is 5. The monoisotopic (exact) mass is 333 g/mol. The van der Waals surface area contributed by atoms with Crippen molar-refractivity contribution in [2.75, 3.05) is 25.1 Å². The Bertz CT molecular complexity index is 783. The van der Waals surface area contributed by atoms with E-state index in [0.717, 1.165) is 0 Å². The van der Waals surface area contributed by atoms with Crippen LogP contribution in [0.5, 0.6) is 0 Å². The second-order valence-corrected chi connectivity index (χ2v) is 5.53. The van der Waals surface area contributed by atoms with Crippen LogP contribution >= 0.6 is 0 Å². The van der Waals surface area contributed by atoms with Crippen LogP contribution in [0.3, 0.4) is 0 Å². The molecule has 0 unspecified atom stereocenters. The van der Waals surface area contributed by atoms with Crippen LogP contribution in [0, 0.1) is 11.8 Å². The summed E-state index contributed by atoms with van der Waals surface area (Å²) in [6.07, 6.45) is -1.24. The van der Waals surface area contributed by atoms with E-state index in [1.54, 1.807) is 6.92 Å². The number of ether oxygens (including phenoxy) is 1. The minimum absolute atomic E-state index is 0.389. The molecule has 128 valence electrons. The smallest absolute Gasteiger partial charge is 0.167 e. The number of fused-ring (bicyclic) bond motifs is 1. The van der Waals surface area contributed by atoms with Crippen LogP contribution in [0.15, 0.2) is 12.7 Å². The van der Waals surface area contributed by atoms with Crippen molar-refractivity contribution in [2.45, 2.75) is 31.5 Å². The quantitative estimate of drug-likeness (QED) is 0.604. The molecule has 1 saturated heterocycles. The molecule has 3 N–H and O–H groups in total. The van der Waals surface area contributed by atoms with Gasteiger partial charge in [0.15, 0.2) is 23.2 Å². The number of aromatic nitrogens is 4. The Hall–Kier alpha value is -2.25. The maximum absolute atomic E-state index is 10.2. The van der Waals surface area contributed by atoms with Crippen molar-refractivity contribution in [1.82, 2.24) is 19.5 Å². The molecule has 2 aromatic heterocycles. The van der Waals surface area contributed by atoms with Gasteiger partial charge in [-0.25, -0.2) is 15.0 Å². The number of aliphatic hydroxyl groups excluding tert-OH is 3. The molecule has 24 heavy (non-hydrogen) atoms. The van der Waals surface area contributed by atoms with Gasteiger partial charge in [-0.15, -0.1) is 5.92 Å². The van der Waals surface area contributed by atoms with E-state index in [1.165, 1.54) is 17.2 Å². The van der Waals surface area contributed by atoms with Gasteiger partial charge in [-0.2, -0.15) is 0 Å². The van der Waals surface area contributed by atoms with E-state index in [2.05, 4.69) is 26.8 Å². The molecule has 0 bridgehead atoms. The lowest BCUT2D eigenvalue weighted by Crippen LogP contribution is -2.33. The third-order valence-electron chi connectivity index (χ3n) is 3.99. The topological polar surface area (TPSA) is 117 Å². The lowest BCUT2D eigenvalue weighted by Gasteiger charge is -2.17. The van der Waals surface area contributed by atoms with E-state index in [0.29, 0.717) is 23.5 Å².